The Bertz CT molecular complexity index is 176. The molecular formula is C11H20O. The molecule has 0 heterocycles. The lowest BCUT2D eigenvalue weighted by atomic mass is 9.69. The van der Waals surface area contributed by atoms with Crippen LogP contribution in [0.15, 0.2) is 0 Å². The summed E-state index contributed by atoms with van der Waals surface area (Å²) < 4.78 is 0. The van der Waals surface area contributed by atoms with Crippen LogP contribution in [0.25, 0.3) is 0 Å². The monoisotopic (exact) mass is 168 g/mol. The summed E-state index contributed by atoms with van der Waals surface area (Å²) in [6.07, 6.45) is 3.01. The summed E-state index contributed by atoms with van der Waals surface area (Å²) in [5, 5.41) is 0. The van der Waals surface area contributed by atoms with Crippen LogP contribution in [-0.4, -0.2) is 5.78 Å². The predicted molar refractivity (Wildman–Crippen MR) is 51.0 cm³/mol. The molecular weight excluding hydrogens is 148 g/mol. The minimum absolute atomic E-state index is 0.308. The first-order valence-corrected chi connectivity index (χ1v) is 4.94. The highest BCUT2D eigenvalue weighted by Gasteiger charge is 2.32. The Morgan fingerprint density at radius 2 is 1.92 bits per heavy atom. The lowest BCUT2D eigenvalue weighted by molar-refractivity contribution is -0.125. The number of rotatable bonds is 0. The lowest BCUT2D eigenvalue weighted by Crippen LogP contribution is -2.30. The molecule has 1 rings (SSSR count). The maximum Gasteiger partial charge on any atom is 0.135 e. The van der Waals surface area contributed by atoms with Crippen molar-refractivity contribution in [1.82, 2.24) is 0 Å². The van der Waals surface area contributed by atoms with Gasteiger partial charge in [-0.1, -0.05) is 27.7 Å². The maximum atomic E-state index is 11.3. The average Bonchev–Trinajstić information content (AvgIpc) is 1.92. The second-order valence-electron chi connectivity index (χ2n) is 5.20. The van der Waals surface area contributed by atoms with E-state index in [0.717, 1.165) is 25.2 Å². The molecule has 0 radical (unpaired) electrons. The van der Waals surface area contributed by atoms with Crippen molar-refractivity contribution in [2.24, 2.45) is 17.3 Å². The van der Waals surface area contributed by atoms with Gasteiger partial charge in [-0.3, -0.25) is 4.79 Å². The van der Waals surface area contributed by atoms with E-state index in [4.69, 9.17) is 0 Å². The SMILES string of the molecule is CC1CC(C(C)(C)C)CCC1=O. The first-order valence-electron chi connectivity index (χ1n) is 4.94. The Kier molecular flexibility index (Phi) is 2.60. The van der Waals surface area contributed by atoms with Gasteiger partial charge in [0.1, 0.15) is 5.78 Å². The van der Waals surface area contributed by atoms with Gasteiger partial charge in [-0.2, -0.15) is 0 Å². The zero-order chi connectivity index (χ0) is 9.35. The van der Waals surface area contributed by atoms with Crippen LogP contribution in [-0.2, 0) is 4.79 Å². The molecule has 1 aliphatic carbocycles. The molecule has 1 fully saturated rings. The van der Waals surface area contributed by atoms with Crippen molar-refractivity contribution < 1.29 is 4.79 Å². The molecule has 2 atom stereocenters. The number of hydrogen-bond donors (Lipinski definition) is 0. The first kappa shape index (κ1) is 9.76. The molecule has 1 heteroatoms. The van der Waals surface area contributed by atoms with Crippen molar-refractivity contribution in [2.45, 2.75) is 47.0 Å². The number of ketones is 1. The second kappa shape index (κ2) is 3.20. The molecule has 0 spiro atoms. The lowest BCUT2D eigenvalue weighted by Gasteiger charge is -2.35. The van der Waals surface area contributed by atoms with Gasteiger partial charge in [0.05, 0.1) is 0 Å². The van der Waals surface area contributed by atoms with Gasteiger partial charge in [0, 0.05) is 12.3 Å². The highest BCUT2D eigenvalue weighted by atomic mass is 16.1. The van der Waals surface area contributed by atoms with E-state index in [1.54, 1.807) is 0 Å². The molecule has 0 aromatic rings. The van der Waals surface area contributed by atoms with E-state index in [9.17, 15) is 4.79 Å². The number of carbonyl (C=O) groups excluding carboxylic acids is 1. The third kappa shape index (κ3) is 2.09. The minimum atomic E-state index is 0.308. The molecule has 2 unspecified atom stereocenters. The summed E-state index contributed by atoms with van der Waals surface area (Å²) in [6.45, 7) is 8.90. The van der Waals surface area contributed by atoms with Crippen LogP contribution in [0.4, 0.5) is 0 Å². The molecule has 0 saturated heterocycles. The van der Waals surface area contributed by atoms with Crippen LogP contribution in [0, 0.1) is 17.3 Å². The van der Waals surface area contributed by atoms with E-state index in [-0.39, 0.29) is 0 Å². The van der Waals surface area contributed by atoms with E-state index < -0.39 is 0 Å². The molecule has 0 aromatic heterocycles. The Morgan fingerprint density at radius 3 is 2.33 bits per heavy atom. The molecule has 1 saturated carbocycles. The van der Waals surface area contributed by atoms with Gasteiger partial charge in [-0.25, -0.2) is 0 Å². The molecule has 1 aliphatic rings. The van der Waals surface area contributed by atoms with Crippen molar-refractivity contribution in [2.75, 3.05) is 0 Å². The molecule has 0 N–H and O–H groups in total. The summed E-state index contributed by atoms with van der Waals surface area (Å²) in [6, 6.07) is 0. The zero-order valence-electron chi connectivity index (χ0n) is 8.68. The van der Waals surface area contributed by atoms with Crippen molar-refractivity contribution in [3.05, 3.63) is 0 Å². The van der Waals surface area contributed by atoms with Crippen LogP contribution >= 0.6 is 0 Å². The average molecular weight is 168 g/mol. The van der Waals surface area contributed by atoms with Crippen LogP contribution in [0.5, 0.6) is 0 Å². The number of Topliss-reactive ketones (excluding diaryl/α,β-unsaturated/α-hetero) is 1. The fourth-order valence-electron chi connectivity index (χ4n) is 2.03. The molecule has 0 bridgehead atoms. The second-order valence-corrected chi connectivity index (χ2v) is 5.20. The van der Waals surface area contributed by atoms with Gasteiger partial charge >= 0.3 is 0 Å². The topological polar surface area (TPSA) is 17.1 Å². The Morgan fingerprint density at radius 1 is 1.33 bits per heavy atom. The van der Waals surface area contributed by atoms with E-state index >= 15 is 0 Å². The molecule has 70 valence electrons. The van der Waals surface area contributed by atoms with Crippen molar-refractivity contribution >= 4 is 5.78 Å². The van der Waals surface area contributed by atoms with Gasteiger partial charge in [0.2, 0.25) is 0 Å². The molecule has 12 heavy (non-hydrogen) atoms. The summed E-state index contributed by atoms with van der Waals surface area (Å²) >= 11 is 0. The van der Waals surface area contributed by atoms with Crippen LogP contribution in [0.2, 0.25) is 0 Å². The fourth-order valence-corrected chi connectivity index (χ4v) is 2.03. The molecule has 0 aromatic carbocycles. The third-order valence-electron chi connectivity index (χ3n) is 3.15. The minimum Gasteiger partial charge on any atom is -0.299 e. The number of carbonyl (C=O) groups is 1. The van der Waals surface area contributed by atoms with E-state index in [0.29, 0.717) is 17.1 Å². The first-order chi connectivity index (χ1) is 5.41. The largest absolute Gasteiger partial charge is 0.299 e. The normalized spacial score (nSPS) is 32.2. The standard InChI is InChI=1S/C11H20O/c1-8-7-9(11(2,3)4)5-6-10(8)12/h8-9H,5-7H2,1-4H3. The smallest absolute Gasteiger partial charge is 0.135 e. The number of hydrogen-bond acceptors (Lipinski definition) is 1. The van der Waals surface area contributed by atoms with Gasteiger partial charge in [-0.05, 0) is 24.2 Å². The Balaban J connectivity index is 2.57. The van der Waals surface area contributed by atoms with Crippen LogP contribution in [0.1, 0.15) is 47.0 Å². The van der Waals surface area contributed by atoms with Gasteiger partial charge in [-0.15, -0.1) is 0 Å². The summed E-state index contributed by atoms with van der Waals surface area (Å²) in [4.78, 5) is 11.3. The van der Waals surface area contributed by atoms with Crippen LogP contribution < -0.4 is 0 Å². The zero-order valence-corrected chi connectivity index (χ0v) is 8.68. The van der Waals surface area contributed by atoms with Crippen molar-refractivity contribution in [1.29, 1.82) is 0 Å². The Labute approximate surface area is 75.5 Å². The van der Waals surface area contributed by atoms with Crippen LogP contribution in [0.3, 0.4) is 0 Å². The van der Waals surface area contributed by atoms with E-state index in [1.807, 2.05) is 0 Å². The van der Waals surface area contributed by atoms with Gasteiger partial charge < -0.3 is 0 Å². The van der Waals surface area contributed by atoms with Crippen molar-refractivity contribution in [3.63, 3.8) is 0 Å². The molecule has 1 nitrogen and oxygen atoms in total. The maximum absolute atomic E-state index is 11.3. The van der Waals surface area contributed by atoms with Gasteiger partial charge in [0.25, 0.3) is 0 Å². The van der Waals surface area contributed by atoms with Crippen molar-refractivity contribution in [3.8, 4) is 0 Å². The third-order valence-corrected chi connectivity index (χ3v) is 3.15. The Hall–Kier alpha value is -0.330. The van der Waals surface area contributed by atoms with E-state index in [2.05, 4.69) is 27.7 Å². The summed E-state index contributed by atoms with van der Waals surface area (Å²) in [5.41, 5.74) is 0.384. The quantitative estimate of drug-likeness (QED) is 0.543. The summed E-state index contributed by atoms with van der Waals surface area (Å²) in [7, 11) is 0. The molecule has 0 amide bonds. The van der Waals surface area contributed by atoms with E-state index in [1.165, 1.54) is 0 Å². The predicted octanol–water partition coefficient (Wildman–Crippen LogP) is 3.04. The fraction of sp³-hybridized carbons (Fsp3) is 0.909. The highest BCUT2D eigenvalue weighted by molar-refractivity contribution is 5.81. The van der Waals surface area contributed by atoms with Gasteiger partial charge in [0.15, 0.2) is 0 Å². The highest BCUT2D eigenvalue weighted by Crippen LogP contribution is 2.38. The summed E-state index contributed by atoms with van der Waals surface area (Å²) in [5.74, 6) is 1.52. The molecule has 0 aliphatic heterocycles.